The number of nitrogens with zero attached hydrogens (tertiary/aromatic N) is 1. The first-order valence-corrected chi connectivity index (χ1v) is 6.97. The van der Waals surface area contributed by atoms with Gasteiger partial charge in [-0.15, -0.1) is 11.3 Å². The number of aryl methyl sites for hydroxylation is 1. The van der Waals surface area contributed by atoms with E-state index in [2.05, 4.69) is 17.1 Å². The molecule has 0 aliphatic carbocycles. The van der Waals surface area contributed by atoms with Crippen molar-refractivity contribution in [3.05, 3.63) is 46.4 Å². The fraction of sp³-hybridized carbons (Fsp3) is 0.357. The molecule has 3 nitrogen and oxygen atoms in total. The lowest BCUT2D eigenvalue weighted by molar-refractivity contribution is 0.305. The summed E-state index contributed by atoms with van der Waals surface area (Å²) in [7, 11) is 0. The van der Waals surface area contributed by atoms with Gasteiger partial charge in [0, 0.05) is 17.6 Å². The van der Waals surface area contributed by atoms with Crippen LogP contribution in [0.15, 0.2) is 35.8 Å². The smallest absolute Gasteiger partial charge is 0.140 e. The van der Waals surface area contributed by atoms with E-state index in [-0.39, 0.29) is 6.04 Å². The van der Waals surface area contributed by atoms with Gasteiger partial charge in [0.15, 0.2) is 0 Å². The number of hydrogen-bond acceptors (Lipinski definition) is 4. The average molecular weight is 262 g/mol. The van der Waals surface area contributed by atoms with Crippen LogP contribution >= 0.6 is 11.3 Å². The molecule has 1 heterocycles. The molecule has 0 spiro atoms. The fourth-order valence-corrected chi connectivity index (χ4v) is 2.14. The maximum Gasteiger partial charge on any atom is 0.140 e. The molecule has 96 valence electrons. The molecule has 0 bridgehead atoms. The minimum Gasteiger partial charge on any atom is -0.486 e. The van der Waals surface area contributed by atoms with Crippen molar-refractivity contribution < 1.29 is 4.74 Å². The molecule has 2 aromatic rings. The van der Waals surface area contributed by atoms with Crippen LogP contribution in [0.2, 0.25) is 0 Å². The van der Waals surface area contributed by atoms with Crippen LogP contribution in [0.25, 0.3) is 0 Å². The quantitative estimate of drug-likeness (QED) is 0.870. The van der Waals surface area contributed by atoms with Gasteiger partial charge >= 0.3 is 0 Å². The van der Waals surface area contributed by atoms with Crippen molar-refractivity contribution >= 4 is 11.3 Å². The van der Waals surface area contributed by atoms with E-state index in [0.717, 1.165) is 23.6 Å². The zero-order chi connectivity index (χ0) is 12.8. The highest BCUT2D eigenvalue weighted by Gasteiger charge is 2.00. The highest BCUT2D eigenvalue weighted by molar-refractivity contribution is 7.09. The van der Waals surface area contributed by atoms with E-state index in [4.69, 9.17) is 10.5 Å². The molecule has 1 aromatic carbocycles. The summed E-state index contributed by atoms with van der Waals surface area (Å²) < 4.78 is 5.65. The number of aromatic nitrogens is 1. The summed E-state index contributed by atoms with van der Waals surface area (Å²) in [5, 5.41) is 2.95. The van der Waals surface area contributed by atoms with Gasteiger partial charge in [-0.2, -0.15) is 0 Å². The Morgan fingerprint density at radius 1 is 1.33 bits per heavy atom. The molecule has 0 amide bonds. The molecular formula is C14H18N2OS. The van der Waals surface area contributed by atoms with Crippen molar-refractivity contribution in [2.75, 3.05) is 0 Å². The van der Waals surface area contributed by atoms with Crippen LogP contribution in [0.5, 0.6) is 5.75 Å². The average Bonchev–Trinajstić information content (AvgIpc) is 2.88. The van der Waals surface area contributed by atoms with Crippen molar-refractivity contribution in [3.8, 4) is 5.75 Å². The molecule has 0 aliphatic heterocycles. The van der Waals surface area contributed by atoms with Crippen molar-refractivity contribution in [2.24, 2.45) is 5.73 Å². The molecule has 1 atom stereocenters. The van der Waals surface area contributed by atoms with Crippen molar-refractivity contribution in [2.45, 2.75) is 32.4 Å². The fourth-order valence-electron chi connectivity index (χ4n) is 1.62. The standard InChI is InChI=1S/C14H18N2OS/c1-11(15)2-3-12-4-6-13(7-5-12)17-10-14-16-8-9-18-14/h4-9,11H,2-3,10,15H2,1H3. The van der Waals surface area contributed by atoms with Crippen LogP contribution in [-0.4, -0.2) is 11.0 Å². The maximum atomic E-state index is 5.74. The third-order valence-corrected chi connectivity index (χ3v) is 3.41. The van der Waals surface area contributed by atoms with Gasteiger partial charge in [-0.25, -0.2) is 4.98 Å². The molecule has 2 rings (SSSR count). The Bertz CT molecular complexity index is 451. The molecule has 1 unspecified atom stereocenters. The third kappa shape index (κ3) is 4.13. The molecule has 0 radical (unpaired) electrons. The van der Waals surface area contributed by atoms with Gasteiger partial charge in [0.05, 0.1) is 0 Å². The summed E-state index contributed by atoms with van der Waals surface area (Å²) in [6.07, 6.45) is 3.82. The Kier molecular flexibility index (Phi) is 4.73. The van der Waals surface area contributed by atoms with Crippen molar-refractivity contribution in [1.29, 1.82) is 0 Å². The number of hydrogen-bond donors (Lipinski definition) is 1. The number of benzene rings is 1. The second kappa shape index (κ2) is 6.52. The minimum absolute atomic E-state index is 0.255. The second-order valence-electron chi connectivity index (χ2n) is 4.37. The van der Waals surface area contributed by atoms with E-state index in [0.29, 0.717) is 6.61 Å². The molecule has 0 saturated carbocycles. The molecular weight excluding hydrogens is 244 g/mol. The highest BCUT2D eigenvalue weighted by Crippen LogP contribution is 2.16. The summed E-state index contributed by atoms with van der Waals surface area (Å²) in [5.41, 5.74) is 7.04. The minimum atomic E-state index is 0.255. The van der Waals surface area contributed by atoms with E-state index in [1.54, 1.807) is 17.5 Å². The number of ether oxygens (including phenoxy) is 1. The van der Waals surface area contributed by atoms with Gasteiger partial charge in [-0.1, -0.05) is 12.1 Å². The summed E-state index contributed by atoms with van der Waals surface area (Å²) in [5.74, 6) is 0.884. The van der Waals surface area contributed by atoms with Crippen molar-refractivity contribution in [1.82, 2.24) is 4.98 Å². The van der Waals surface area contributed by atoms with E-state index >= 15 is 0 Å². The first-order chi connectivity index (χ1) is 8.74. The van der Waals surface area contributed by atoms with Crippen LogP contribution in [-0.2, 0) is 13.0 Å². The third-order valence-electron chi connectivity index (χ3n) is 2.66. The normalized spacial score (nSPS) is 12.3. The molecule has 18 heavy (non-hydrogen) atoms. The SMILES string of the molecule is CC(N)CCc1ccc(OCc2nccs2)cc1. The molecule has 1 aromatic heterocycles. The van der Waals surface area contributed by atoms with Crippen LogP contribution in [0.1, 0.15) is 23.9 Å². The highest BCUT2D eigenvalue weighted by atomic mass is 32.1. The van der Waals surface area contributed by atoms with Gasteiger partial charge in [-0.05, 0) is 37.5 Å². The Hall–Kier alpha value is -1.39. The second-order valence-corrected chi connectivity index (χ2v) is 5.35. The summed E-state index contributed by atoms with van der Waals surface area (Å²) in [6.45, 7) is 2.57. The van der Waals surface area contributed by atoms with Gasteiger partial charge < -0.3 is 10.5 Å². The largest absolute Gasteiger partial charge is 0.486 e. The first-order valence-electron chi connectivity index (χ1n) is 6.10. The Balaban J connectivity index is 1.83. The summed E-state index contributed by atoms with van der Waals surface area (Å²) in [4.78, 5) is 4.18. The molecule has 0 fully saturated rings. The Morgan fingerprint density at radius 2 is 2.11 bits per heavy atom. The topological polar surface area (TPSA) is 48.1 Å². The van der Waals surface area contributed by atoms with Crippen LogP contribution < -0.4 is 10.5 Å². The molecule has 0 saturated heterocycles. The Labute approximate surface area is 112 Å². The lowest BCUT2D eigenvalue weighted by atomic mass is 10.1. The summed E-state index contributed by atoms with van der Waals surface area (Å²) in [6, 6.07) is 8.46. The number of thiazole rings is 1. The van der Waals surface area contributed by atoms with E-state index in [1.807, 2.05) is 24.4 Å². The van der Waals surface area contributed by atoms with E-state index < -0.39 is 0 Å². The predicted octanol–water partition coefficient (Wildman–Crippen LogP) is 3.00. The van der Waals surface area contributed by atoms with E-state index in [1.165, 1.54) is 5.56 Å². The maximum absolute atomic E-state index is 5.74. The first kappa shape index (κ1) is 13.1. The molecule has 4 heteroatoms. The van der Waals surface area contributed by atoms with Gasteiger partial charge in [-0.3, -0.25) is 0 Å². The molecule has 0 aliphatic rings. The number of nitrogens with two attached hydrogens (primary N) is 1. The van der Waals surface area contributed by atoms with Gasteiger partial charge in [0.1, 0.15) is 17.4 Å². The lowest BCUT2D eigenvalue weighted by Gasteiger charge is -2.07. The van der Waals surface area contributed by atoms with Crippen LogP contribution in [0.3, 0.4) is 0 Å². The van der Waals surface area contributed by atoms with Crippen molar-refractivity contribution in [3.63, 3.8) is 0 Å². The van der Waals surface area contributed by atoms with Crippen LogP contribution in [0.4, 0.5) is 0 Å². The van der Waals surface area contributed by atoms with E-state index in [9.17, 15) is 0 Å². The monoisotopic (exact) mass is 262 g/mol. The zero-order valence-corrected chi connectivity index (χ0v) is 11.3. The zero-order valence-electron chi connectivity index (χ0n) is 10.5. The number of rotatable bonds is 6. The lowest BCUT2D eigenvalue weighted by Crippen LogP contribution is -2.15. The van der Waals surface area contributed by atoms with Gasteiger partial charge in [0.2, 0.25) is 0 Å². The summed E-state index contributed by atoms with van der Waals surface area (Å²) >= 11 is 1.61. The van der Waals surface area contributed by atoms with Crippen LogP contribution in [0, 0.1) is 0 Å². The predicted molar refractivity (Wildman–Crippen MR) is 74.9 cm³/mol. The van der Waals surface area contributed by atoms with Gasteiger partial charge in [0.25, 0.3) is 0 Å². The molecule has 2 N–H and O–H groups in total. The Morgan fingerprint density at radius 3 is 2.72 bits per heavy atom.